The number of fused-ring (bicyclic) bond motifs is 1. The van der Waals surface area contributed by atoms with Crippen LogP contribution < -0.4 is 5.49 Å². The maximum atomic E-state index is 8.09. The van der Waals surface area contributed by atoms with E-state index in [0.717, 1.165) is 5.56 Å². The zero-order valence-electron chi connectivity index (χ0n) is 11.1. The lowest BCUT2D eigenvalue weighted by Crippen LogP contribution is -2.20. The fourth-order valence-electron chi connectivity index (χ4n) is 1.96. The van der Waals surface area contributed by atoms with Crippen LogP contribution in [0.5, 0.6) is 0 Å². The number of hydrogen-bond acceptors (Lipinski definition) is 5. The zero-order chi connectivity index (χ0) is 14.8. The molecule has 3 aromatic rings. The first-order valence-corrected chi connectivity index (χ1v) is 6.61. The van der Waals surface area contributed by atoms with Gasteiger partial charge in [-0.25, -0.2) is 14.6 Å². The molecule has 106 valence electrons. The minimum absolute atomic E-state index is 0.264. The van der Waals surface area contributed by atoms with Crippen LogP contribution in [0.1, 0.15) is 5.56 Å². The van der Waals surface area contributed by atoms with Crippen LogP contribution >= 0.6 is 11.6 Å². The quantitative estimate of drug-likeness (QED) is 0.583. The van der Waals surface area contributed by atoms with E-state index in [4.69, 9.17) is 17.0 Å². The molecule has 0 spiro atoms. The SMILES string of the molecule is C=CCn1cnc2c(nnn2Cc2ccc(Cl)nc2)c1=N. The van der Waals surface area contributed by atoms with Crippen LogP contribution in [0.15, 0.2) is 37.3 Å². The van der Waals surface area contributed by atoms with Crippen molar-refractivity contribution in [1.29, 1.82) is 5.41 Å². The van der Waals surface area contributed by atoms with Crippen LogP contribution in [0.2, 0.25) is 5.15 Å². The first kappa shape index (κ1) is 13.4. The van der Waals surface area contributed by atoms with Gasteiger partial charge in [-0.3, -0.25) is 5.41 Å². The third-order valence-electron chi connectivity index (χ3n) is 2.99. The number of hydrogen-bond donors (Lipinski definition) is 1. The van der Waals surface area contributed by atoms with Crippen molar-refractivity contribution >= 4 is 22.8 Å². The summed E-state index contributed by atoms with van der Waals surface area (Å²) in [7, 11) is 0. The van der Waals surface area contributed by atoms with Crippen molar-refractivity contribution < 1.29 is 0 Å². The molecule has 0 aliphatic heterocycles. The van der Waals surface area contributed by atoms with E-state index in [0.29, 0.717) is 29.4 Å². The van der Waals surface area contributed by atoms with Gasteiger partial charge in [0.1, 0.15) is 5.15 Å². The van der Waals surface area contributed by atoms with E-state index in [1.54, 1.807) is 33.9 Å². The summed E-state index contributed by atoms with van der Waals surface area (Å²) in [6.45, 7) is 4.63. The first-order valence-electron chi connectivity index (χ1n) is 6.23. The van der Waals surface area contributed by atoms with E-state index < -0.39 is 0 Å². The fraction of sp³-hybridized carbons (Fsp3) is 0.154. The fourth-order valence-corrected chi connectivity index (χ4v) is 2.08. The van der Waals surface area contributed by atoms with Crippen molar-refractivity contribution in [1.82, 2.24) is 29.5 Å². The summed E-state index contributed by atoms with van der Waals surface area (Å²) in [6, 6.07) is 3.59. The van der Waals surface area contributed by atoms with E-state index in [-0.39, 0.29) is 5.49 Å². The lowest BCUT2D eigenvalue weighted by Gasteiger charge is -2.04. The van der Waals surface area contributed by atoms with Gasteiger partial charge >= 0.3 is 0 Å². The Kier molecular flexibility index (Phi) is 3.49. The van der Waals surface area contributed by atoms with Gasteiger partial charge in [-0.2, -0.15) is 0 Å². The standard InChI is InChI=1S/C13H12ClN7/c1-2-5-20-8-17-13-11(12(20)15)18-19-21(13)7-9-3-4-10(14)16-6-9/h2-4,6,8,15H,1,5,7H2. The minimum atomic E-state index is 0.264. The largest absolute Gasteiger partial charge is 0.312 e. The van der Waals surface area contributed by atoms with Crippen LogP contribution in [-0.2, 0) is 13.1 Å². The van der Waals surface area contributed by atoms with Crippen molar-refractivity contribution in [2.45, 2.75) is 13.1 Å². The molecule has 1 N–H and O–H groups in total. The average Bonchev–Trinajstić information content (AvgIpc) is 2.88. The Bertz CT molecular complexity index is 847. The van der Waals surface area contributed by atoms with Gasteiger partial charge < -0.3 is 4.57 Å². The second-order valence-electron chi connectivity index (χ2n) is 4.44. The number of aromatic nitrogens is 6. The molecule has 3 heterocycles. The molecule has 0 aromatic carbocycles. The third kappa shape index (κ3) is 2.55. The molecule has 0 aliphatic rings. The maximum absolute atomic E-state index is 8.09. The molecule has 0 amide bonds. The minimum Gasteiger partial charge on any atom is -0.312 e. The van der Waals surface area contributed by atoms with E-state index in [2.05, 4.69) is 26.9 Å². The Hall–Kier alpha value is -2.54. The van der Waals surface area contributed by atoms with Crippen molar-refractivity contribution in [3.63, 3.8) is 0 Å². The molecule has 0 saturated carbocycles. The number of rotatable bonds is 4. The number of allylic oxidation sites excluding steroid dienone is 1. The number of pyridine rings is 1. The molecule has 0 fully saturated rings. The van der Waals surface area contributed by atoms with Crippen molar-refractivity contribution in [2.75, 3.05) is 0 Å². The predicted molar refractivity (Wildman–Crippen MR) is 77.7 cm³/mol. The first-order chi connectivity index (χ1) is 10.2. The molecule has 0 radical (unpaired) electrons. The number of nitrogens with zero attached hydrogens (tertiary/aromatic N) is 6. The normalized spacial score (nSPS) is 10.9. The molecule has 0 saturated heterocycles. The van der Waals surface area contributed by atoms with E-state index >= 15 is 0 Å². The maximum Gasteiger partial charge on any atom is 0.184 e. The lowest BCUT2D eigenvalue weighted by atomic mass is 10.3. The van der Waals surface area contributed by atoms with Crippen LogP contribution in [0.4, 0.5) is 0 Å². The molecule has 0 bridgehead atoms. The molecule has 3 aromatic heterocycles. The van der Waals surface area contributed by atoms with Crippen molar-refractivity contribution in [3.05, 3.63) is 53.5 Å². The highest BCUT2D eigenvalue weighted by Crippen LogP contribution is 2.09. The van der Waals surface area contributed by atoms with Crippen LogP contribution in [0.3, 0.4) is 0 Å². The number of halogens is 1. The second-order valence-corrected chi connectivity index (χ2v) is 4.83. The summed E-state index contributed by atoms with van der Waals surface area (Å²) in [6.07, 6.45) is 4.97. The summed E-state index contributed by atoms with van der Waals surface area (Å²) >= 11 is 5.76. The van der Waals surface area contributed by atoms with Gasteiger partial charge in [-0.1, -0.05) is 29.0 Å². The Balaban J connectivity index is 2.01. The van der Waals surface area contributed by atoms with E-state index in [1.165, 1.54) is 0 Å². The molecule has 0 atom stereocenters. The smallest absolute Gasteiger partial charge is 0.184 e. The van der Waals surface area contributed by atoms with Crippen LogP contribution in [0, 0.1) is 5.41 Å². The van der Waals surface area contributed by atoms with Gasteiger partial charge in [0.15, 0.2) is 16.7 Å². The van der Waals surface area contributed by atoms with E-state index in [9.17, 15) is 0 Å². The van der Waals surface area contributed by atoms with Gasteiger partial charge in [0.2, 0.25) is 0 Å². The Labute approximate surface area is 125 Å². The second kappa shape index (κ2) is 5.45. The van der Waals surface area contributed by atoms with Gasteiger partial charge in [-0.15, -0.1) is 11.7 Å². The Morgan fingerprint density at radius 1 is 1.33 bits per heavy atom. The van der Waals surface area contributed by atoms with Crippen LogP contribution in [0.25, 0.3) is 11.2 Å². The summed E-state index contributed by atoms with van der Waals surface area (Å²) in [5.74, 6) is 0. The Morgan fingerprint density at radius 2 is 2.19 bits per heavy atom. The predicted octanol–water partition coefficient (Wildman–Crippen LogP) is 1.39. The molecule has 3 rings (SSSR count). The highest BCUT2D eigenvalue weighted by Gasteiger charge is 2.10. The topological polar surface area (TPSA) is 85.3 Å². The molecule has 8 heteroatoms. The Morgan fingerprint density at radius 3 is 2.90 bits per heavy atom. The summed E-state index contributed by atoms with van der Waals surface area (Å²) in [5, 5.41) is 16.6. The molecular formula is C13H12ClN7. The molecule has 0 aliphatic carbocycles. The molecule has 21 heavy (non-hydrogen) atoms. The van der Waals surface area contributed by atoms with Gasteiger partial charge in [-0.05, 0) is 11.6 Å². The third-order valence-corrected chi connectivity index (χ3v) is 3.21. The van der Waals surface area contributed by atoms with Crippen molar-refractivity contribution in [3.8, 4) is 0 Å². The highest BCUT2D eigenvalue weighted by molar-refractivity contribution is 6.29. The van der Waals surface area contributed by atoms with Gasteiger partial charge in [0.25, 0.3) is 0 Å². The zero-order valence-corrected chi connectivity index (χ0v) is 11.8. The summed E-state index contributed by atoms with van der Waals surface area (Å²) < 4.78 is 3.29. The lowest BCUT2D eigenvalue weighted by molar-refractivity contribution is 0.661. The molecule has 7 nitrogen and oxygen atoms in total. The average molecular weight is 302 g/mol. The number of nitrogens with one attached hydrogen (secondary N) is 1. The van der Waals surface area contributed by atoms with E-state index in [1.807, 2.05) is 6.07 Å². The van der Waals surface area contributed by atoms with Gasteiger partial charge in [0, 0.05) is 12.7 Å². The molecule has 0 unspecified atom stereocenters. The molecular weight excluding hydrogens is 290 g/mol. The monoisotopic (exact) mass is 301 g/mol. The van der Waals surface area contributed by atoms with Crippen molar-refractivity contribution in [2.24, 2.45) is 0 Å². The van der Waals surface area contributed by atoms with Crippen LogP contribution in [-0.4, -0.2) is 29.5 Å². The van der Waals surface area contributed by atoms with Gasteiger partial charge in [0.05, 0.1) is 12.9 Å². The highest BCUT2D eigenvalue weighted by atomic mass is 35.5. The summed E-state index contributed by atoms with van der Waals surface area (Å²) in [5.41, 5.74) is 2.22. The summed E-state index contributed by atoms with van der Waals surface area (Å²) in [4.78, 5) is 8.35.